The van der Waals surface area contributed by atoms with Crippen LogP contribution in [0.1, 0.15) is 27.8 Å². The number of rotatable bonds is 5. The normalized spacial score (nSPS) is 12.5. The first-order chi connectivity index (χ1) is 20.1. The van der Waals surface area contributed by atoms with E-state index in [9.17, 15) is 39.5 Å². The smallest absolute Gasteiger partial charge is 0.418 e. The second kappa shape index (κ2) is 10.9. The first-order valence-electron chi connectivity index (χ1n) is 12.7. The minimum Gasteiger partial charge on any atom is -0.489 e. The van der Waals surface area contributed by atoms with Crippen molar-refractivity contribution in [2.45, 2.75) is 32.1 Å². The van der Waals surface area contributed by atoms with E-state index < -0.39 is 47.4 Å². The van der Waals surface area contributed by atoms with Gasteiger partial charge in [-0.3, -0.25) is 4.98 Å². The fraction of sp³-hybridized carbons (Fsp3) is 0.156. The van der Waals surface area contributed by atoms with Crippen molar-refractivity contribution in [2.75, 3.05) is 0 Å². The molecule has 222 valence electrons. The maximum Gasteiger partial charge on any atom is 0.418 e. The van der Waals surface area contributed by atoms with Gasteiger partial charge >= 0.3 is 18.5 Å². The van der Waals surface area contributed by atoms with Crippen molar-refractivity contribution in [1.82, 2.24) is 4.98 Å². The van der Waals surface area contributed by atoms with Crippen molar-refractivity contribution in [2.24, 2.45) is 0 Å². The molecule has 0 amide bonds. The quantitative estimate of drug-likeness (QED) is 0.186. The van der Waals surface area contributed by atoms with E-state index in [1.165, 1.54) is 36.5 Å². The molecule has 0 fully saturated rings. The number of ether oxygens (including phenoxy) is 1. The summed E-state index contributed by atoms with van der Waals surface area (Å²) in [5.41, 5.74) is -1.78. The molecule has 5 rings (SSSR count). The number of pyridine rings is 1. The molecule has 11 heteroatoms. The van der Waals surface area contributed by atoms with Crippen molar-refractivity contribution in [3.8, 4) is 28.0 Å². The van der Waals surface area contributed by atoms with Crippen LogP contribution < -0.4 is 4.74 Å². The number of aromatic nitrogens is 1. The third kappa shape index (κ3) is 6.16. The van der Waals surface area contributed by atoms with Crippen molar-refractivity contribution >= 4 is 10.9 Å². The molecule has 0 unspecified atom stereocenters. The summed E-state index contributed by atoms with van der Waals surface area (Å²) in [5.74, 6) is -0.00397. The largest absolute Gasteiger partial charge is 0.489 e. The lowest BCUT2D eigenvalue weighted by atomic mass is 9.90. The number of alkyl halides is 9. The van der Waals surface area contributed by atoms with Crippen LogP contribution in [0.5, 0.6) is 5.75 Å². The first kappa shape index (κ1) is 29.9. The lowest BCUT2D eigenvalue weighted by molar-refractivity contribution is -0.142. The van der Waals surface area contributed by atoms with Crippen LogP contribution in [-0.2, 0) is 25.1 Å². The summed E-state index contributed by atoms with van der Waals surface area (Å²) in [7, 11) is 0. The Kier molecular flexibility index (Phi) is 7.62. The van der Waals surface area contributed by atoms with Gasteiger partial charge in [0.1, 0.15) is 12.4 Å². The Labute approximate surface area is 239 Å². The Morgan fingerprint density at radius 3 is 2.02 bits per heavy atom. The van der Waals surface area contributed by atoms with Crippen LogP contribution in [0, 0.1) is 6.92 Å². The predicted molar refractivity (Wildman–Crippen MR) is 143 cm³/mol. The van der Waals surface area contributed by atoms with Crippen LogP contribution in [0.15, 0.2) is 91.1 Å². The minimum absolute atomic E-state index is 0.00397. The Bertz CT molecular complexity index is 1800. The number of fused-ring (bicyclic) bond motifs is 1. The summed E-state index contributed by atoms with van der Waals surface area (Å²) < 4.78 is 128. The molecular formula is C32H20F9NO. The fourth-order valence-electron chi connectivity index (χ4n) is 4.91. The second-order valence-electron chi connectivity index (χ2n) is 9.75. The van der Waals surface area contributed by atoms with Crippen LogP contribution in [0.3, 0.4) is 0 Å². The van der Waals surface area contributed by atoms with Gasteiger partial charge in [-0.05, 0) is 60.0 Å². The standard InChI is InChI=1S/C32H20F9NO/c1-18-6-2-3-9-23(18)25-16-42-29-24(10-5-11-27(29)32(39,40)41)28(25)19-7-4-8-22(15-19)43-17-20-14-21(30(33,34)35)12-13-26(20)31(36,37)38/h2-16H,17H2,1H3. The molecule has 0 radical (unpaired) electrons. The number of benzene rings is 4. The van der Waals surface area contributed by atoms with Gasteiger partial charge in [-0.2, -0.15) is 39.5 Å². The molecule has 0 atom stereocenters. The molecule has 0 spiro atoms. The minimum atomic E-state index is -4.93. The molecular weight excluding hydrogens is 585 g/mol. The predicted octanol–water partition coefficient (Wildman–Crippen LogP) is 10.5. The number of halogens is 9. The van der Waals surface area contributed by atoms with Crippen LogP contribution in [0.25, 0.3) is 33.2 Å². The molecule has 1 aromatic heterocycles. The summed E-state index contributed by atoms with van der Waals surface area (Å²) >= 11 is 0. The molecule has 43 heavy (non-hydrogen) atoms. The van der Waals surface area contributed by atoms with E-state index in [0.29, 0.717) is 40.5 Å². The molecule has 0 N–H and O–H groups in total. The monoisotopic (exact) mass is 605 g/mol. The van der Waals surface area contributed by atoms with Crippen LogP contribution >= 0.6 is 0 Å². The second-order valence-corrected chi connectivity index (χ2v) is 9.75. The maximum atomic E-state index is 13.9. The van der Waals surface area contributed by atoms with Crippen molar-refractivity contribution in [3.05, 3.63) is 119 Å². The lowest BCUT2D eigenvalue weighted by Gasteiger charge is -2.18. The summed E-state index contributed by atoms with van der Waals surface area (Å²) in [6, 6.07) is 17.8. The number of para-hydroxylation sites is 1. The number of nitrogens with zero attached hydrogens (tertiary/aromatic N) is 1. The van der Waals surface area contributed by atoms with Crippen LogP contribution in [0.2, 0.25) is 0 Å². The van der Waals surface area contributed by atoms with E-state index >= 15 is 0 Å². The topological polar surface area (TPSA) is 22.1 Å². The van der Waals surface area contributed by atoms with Gasteiger partial charge in [-0.1, -0.05) is 48.5 Å². The molecule has 0 aliphatic heterocycles. The van der Waals surface area contributed by atoms with E-state index in [-0.39, 0.29) is 16.7 Å². The van der Waals surface area contributed by atoms with Gasteiger partial charge in [0.2, 0.25) is 0 Å². The molecule has 4 aromatic carbocycles. The summed E-state index contributed by atoms with van der Waals surface area (Å²) in [6.07, 6.45) is -13.2. The van der Waals surface area contributed by atoms with Crippen molar-refractivity contribution in [1.29, 1.82) is 0 Å². The Morgan fingerprint density at radius 1 is 0.651 bits per heavy atom. The van der Waals surface area contributed by atoms with Crippen LogP contribution in [-0.4, -0.2) is 4.98 Å². The van der Waals surface area contributed by atoms with Gasteiger partial charge in [0.05, 0.1) is 22.2 Å². The van der Waals surface area contributed by atoms with Gasteiger partial charge in [-0.25, -0.2) is 0 Å². The highest BCUT2D eigenvalue weighted by Crippen LogP contribution is 2.43. The maximum absolute atomic E-state index is 13.9. The average molecular weight is 606 g/mol. The molecule has 2 nitrogen and oxygen atoms in total. The number of hydrogen-bond donors (Lipinski definition) is 0. The zero-order valence-electron chi connectivity index (χ0n) is 22.1. The molecule has 5 aromatic rings. The lowest BCUT2D eigenvalue weighted by Crippen LogP contribution is -2.14. The highest BCUT2D eigenvalue weighted by molar-refractivity contribution is 6.03. The highest BCUT2D eigenvalue weighted by atomic mass is 19.4. The highest BCUT2D eigenvalue weighted by Gasteiger charge is 2.37. The Hall–Kier alpha value is -4.54. The molecule has 0 bridgehead atoms. The van der Waals surface area contributed by atoms with Crippen LogP contribution in [0.4, 0.5) is 39.5 Å². The molecule has 1 heterocycles. The fourth-order valence-corrected chi connectivity index (χ4v) is 4.91. The average Bonchev–Trinajstić information content (AvgIpc) is 2.94. The molecule has 0 aliphatic carbocycles. The Balaban J connectivity index is 1.63. The van der Waals surface area contributed by atoms with Gasteiger partial charge in [0.15, 0.2) is 0 Å². The van der Waals surface area contributed by atoms with Gasteiger partial charge in [0, 0.05) is 28.3 Å². The third-order valence-corrected chi connectivity index (χ3v) is 6.89. The zero-order chi connectivity index (χ0) is 31.2. The molecule has 0 saturated heterocycles. The number of hydrogen-bond acceptors (Lipinski definition) is 2. The van der Waals surface area contributed by atoms with Gasteiger partial charge in [0.25, 0.3) is 0 Å². The first-order valence-corrected chi connectivity index (χ1v) is 12.7. The summed E-state index contributed by atoms with van der Waals surface area (Å²) in [6.45, 7) is 0.977. The summed E-state index contributed by atoms with van der Waals surface area (Å²) in [5, 5.41) is 0.171. The van der Waals surface area contributed by atoms with Crippen molar-refractivity contribution < 1.29 is 44.3 Å². The van der Waals surface area contributed by atoms with Gasteiger partial charge in [-0.15, -0.1) is 0 Å². The molecule has 0 saturated carbocycles. The van der Waals surface area contributed by atoms with Gasteiger partial charge < -0.3 is 4.74 Å². The molecule has 0 aliphatic rings. The van der Waals surface area contributed by atoms with E-state index in [1.54, 1.807) is 24.3 Å². The zero-order valence-corrected chi connectivity index (χ0v) is 22.1. The van der Waals surface area contributed by atoms with E-state index in [1.807, 2.05) is 13.0 Å². The van der Waals surface area contributed by atoms with Crippen molar-refractivity contribution in [3.63, 3.8) is 0 Å². The van der Waals surface area contributed by atoms with E-state index in [0.717, 1.165) is 11.6 Å². The van der Waals surface area contributed by atoms with E-state index in [2.05, 4.69) is 4.98 Å². The summed E-state index contributed by atoms with van der Waals surface area (Å²) in [4.78, 5) is 4.16. The SMILES string of the molecule is Cc1ccccc1-c1cnc2c(C(F)(F)F)cccc2c1-c1cccc(OCc2cc(C(F)(F)F)ccc2C(F)(F)F)c1. The van der Waals surface area contributed by atoms with E-state index in [4.69, 9.17) is 4.74 Å². The third-order valence-electron chi connectivity index (χ3n) is 6.89. The Morgan fingerprint density at radius 2 is 1.35 bits per heavy atom. The number of aryl methyl sites for hydroxylation is 1.